The van der Waals surface area contributed by atoms with Crippen LogP contribution in [0.3, 0.4) is 0 Å². The van der Waals surface area contributed by atoms with E-state index < -0.39 is 0 Å². The van der Waals surface area contributed by atoms with E-state index in [1.54, 1.807) is 6.42 Å². The van der Waals surface area contributed by atoms with Crippen LogP contribution in [0.5, 0.6) is 0 Å². The van der Waals surface area contributed by atoms with Crippen molar-refractivity contribution in [2.24, 2.45) is 35.4 Å². The lowest BCUT2D eigenvalue weighted by atomic mass is 9.50. The second-order valence-corrected chi connectivity index (χ2v) is 7.71. The van der Waals surface area contributed by atoms with Crippen molar-refractivity contribution >= 4 is 0 Å². The van der Waals surface area contributed by atoms with Crippen molar-refractivity contribution < 1.29 is 0 Å². The fourth-order valence-corrected chi connectivity index (χ4v) is 5.84. The van der Waals surface area contributed by atoms with Gasteiger partial charge in [0.15, 0.2) is 0 Å². The third kappa shape index (κ3) is 2.96. The van der Waals surface area contributed by atoms with E-state index in [0.29, 0.717) is 6.04 Å². The van der Waals surface area contributed by atoms with Gasteiger partial charge in [-0.05, 0) is 81.0 Å². The highest BCUT2D eigenvalue weighted by Crippen LogP contribution is 2.57. The summed E-state index contributed by atoms with van der Waals surface area (Å²) < 4.78 is 0. The summed E-state index contributed by atoms with van der Waals surface area (Å²) in [6.07, 6.45) is 16.0. The maximum atomic E-state index is 5.93. The first-order valence-electron chi connectivity index (χ1n) is 8.88. The van der Waals surface area contributed by atoms with Crippen LogP contribution in [0.1, 0.15) is 64.2 Å². The molecule has 3 N–H and O–H groups in total. The van der Waals surface area contributed by atoms with E-state index in [2.05, 4.69) is 12.0 Å². The quantitative estimate of drug-likeness (QED) is 0.304. The van der Waals surface area contributed by atoms with Crippen LogP contribution in [-0.4, -0.2) is 6.04 Å². The van der Waals surface area contributed by atoms with E-state index in [4.69, 9.17) is 5.84 Å². The van der Waals surface area contributed by atoms with Crippen LogP contribution >= 0.6 is 0 Å². The molecule has 1 unspecified atom stereocenters. The molecule has 0 aromatic heterocycles. The average Bonchev–Trinajstić information content (AvgIpc) is 2.43. The van der Waals surface area contributed by atoms with E-state index >= 15 is 0 Å². The van der Waals surface area contributed by atoms with Crippen molar-refractivity contribution in [3.8, 4) is 0 Å². The number of hydrogen-bond donors (Lipinski definition) is 2. The van der Waals surface area contributed by atoms with E-state index in [9.17, 15) is 0 Å². The highest BCUT2D eigenvalue weighted by molar-refractivity contribution is 5.01. The fraction of sp³-hybridized carbons (Fsp3) is 0.889. The first kappa shape index (κ1) is 14.6. The molecule has 0 aromatic carbocycles. The molecule has 4 saturated carbocycles. The summed E-state index contributed by atoms with van der Waals surface area (Å²) >= 11 is 0. The summed E-state index contributed by atoms with van der Waals surface area (Å²) in [6.45, 7) is 3.80. The molecular weight excluding hydrogens is 244 g/mol. The molecule has 0 saturated heterocycles. The van der Waals surface area contributed by atoms with Gasteiger partial charge in [-0.15, -0.1) is 6.58 Å². The van der Waals surface area contributed by atoms with Crippen molar-refractivity contribution in [2.45, 2.75) is 70.3 Å². The molecule has 0 amide bonds. The zero-order valence-corrected chi connectivity index (χ0v) is 12.9. The van der Waals surface area contributed by atoms with Crippen molar-refractivity contribution in [1.29, 1.82) is 0 Å². The van der Waals surface area contributed by atoms with Gasteiger partial charge in [-0.25, -0.2) is 0 Å². The molecule has 0 aliphatic heterocycles. The SMILES string of the molecule is C=CCCCCCC(NN)C1C2CC3CC(C2)CC1C3. The molecule has 0 heterocycles. The largest absolute Gasteiger partial charge is 0.271 e. The Morgan fingerprint density at radius 3 is 2.20 bits per heavy atom. The fourth-order valence-electron chi connectivity index (χ4n) is 5.84. The lowest BCUT2D eigenvalue weighted by Crippen LogP contribution is -2.54. The second-order valence-electron chi connectivity index (χ2n) is 7.71. The van der Waals surface area contributed by atoms with Crippen molar-refractivity contribution in [3.05, 3.63) is 12.7 Å². The van der Waals surface area contributed by atoms with E-state index in [1.807, 2.05) is 6.08 Å². The van der Waals surface area contributed by atoms with Gasteiger partial charge < -0.3 is 0 Å². The molecule has 0 radical (unpaired) electrons. The molecule has 2 nitrogen and oxygen atoms in total. The molecule has 2 heteroatoms. The monoisotopic (exact) mass is 276 g/mol. The van der Waals surface area contributed by atoms with E-state index in [-0.39, 0.29) is 0 Å². The molecule has 0 aromatic rings. The van der Waals surface area contributed by atoms with Crippen molar-refractivity contribution in [1.82, 2.24) is 5.43 Å². The maximum absolute atomic E-state index is 5.93. The minimum Gasteiger partial charge on any atom is -0.271 e. The van der Waals surface area contributed by atoms with E-state index in [0.717, 1.165) is 29.6 Å². The van der Waals surface area contributed by atoms with Gasteiger partial charge in [-0.1, -0.05) is 18.9 Å². The molecule has 114 valence electrons. The molecular formula is C18H32N2. The van der Waals surface area contributed by atoms with Gasteiger partial charge in [0.2, 0.25) is 0 Å². The zero-order valence-electron chi connectivity index (χ0n) is 12.9. The van der Waals surface area contributed by atoms with Gasteiger partial charge in [-0.2, -0.15) is 0 Å². The summed E-state index contributed by atoms with van der Waals surface area (Å²) in [4.78, 5) is 0. The zero-order chi connectivity index (χ0) is 13.9. The first-order chi connectivity index (χ1) is 9.81. The smallest absolute Gasteiger partial charge is 0.0244 e. The van der Waals surface area contributed by atoms with E-state index in [1.165, 1.54) is 57.8 Å². The van der Waals surface area contributed by atoms with Crippen molar-refractivity contribution in [3.63, 3.8) is 0 Å². The lowest BCUT2D eigenvalue weighted by Gasteiger charge is -2.56. The second kappa shape index (κ2) is 6.62. The van der Waals surface area contributed by atoms with Crippen LogP contribution in [-0.2, 0) is 0 Å². The van der Waals surface area contributed by atoms with Gasteiger partial charge >= 0.3 is 0 Å². The van der Waals surface area contributed by atoms with Crippen LogP contribution < -0.4 is 11.3 Å². The Morgan fingerprint density at radius 2 is 1.65 bits per heavy atom. The number of unbranched alkanes of at least 4 members (excludes halogenated alkanes) is 3. The number of allylic oxidation sites excluding steroid dienone is 1. The summed E-state index contributed by atoms with van der Waals surface area (Å²) in [5.41, 5.74) is 3.20. The Hall–Kier alpha value is -0.340. The summed E-state index contributed by atoms with van der Waals surface area (Å²) in [5.74, 6) is 10.9. The van der Waals surface area contributed by atoms with Crippen LogP contribution in [0, 0.1) is 29.6 Å². The third-order valence-electron chi connectivity index (χ3n) is 6.40. The highest BCUT2D eigenvalue weighted by Gasteiger charge is 2.50. The summed E-state index contributed by atoms with van der Waals surface area (Å²) in [7, 11) is 0. The molecule has 4 rings (SSSR count). The minimum atomic E-state index is 0.578. The summed E-state index contributed by atoms with van der Waals surface area (Å²) in [6, 6.07) is 0.578. The number of nitrogens with two attached hydrogens (primary N) is 1. The molecule has 0 spiro atoms. The maximum Gasteiger partial charge on any atom is 0.0244 e. The lowest BCUT2D eigenvalue weighted by molar-refractivity contribution is -0.0532. The van der Waals surface area contributed by atoms with Crippen LogP contribution in [0.2, 0.25) is 0 Å². The Morgan fingerprint density at radius 1 is 1.00 bits per heavy atom. The predicted octanol–water partition coefficient (Wildman–Crippen LogP) is 4.03. The molecule has 1 atom stereocenters. The van der Waals surface area contributed by atoms with Gasteiger partial charge in [0.05, 0.1) is 0 Å². The van der Waals surface area contributed by atoms with Crippen LogP contribution in [0.15, 0.2) is 12.7 Å². The van der Waals surface area contributed by atoms with Crippen LogP contribution in [0.25, 0.3) is 0 Å². The Balaban J connectivity index is 1.52. The Bertz CT molecular complexity index is 297. The number of hydrogen-bond acceptors (Lipinski definition) is 2. The standard InChI is InChI=1S/C18H32N2/c1-2-3-4-5-6-7-17(20-19)18-15-9-13-8-14(11-15)12-16(18)10-13/h2,13-18,20H,1,3-12,19H2. The molecule has 4 aliphatic rings. The highest BCUT2D eigenvalue weighted by atomic mass is 15.2. The Labute approximate surface area is 124 Å². The van der Waals surface area contributed by atoms with Gasteiger partial charge in [0.1, 0.15) is 0 Å². The minimum absolute atomic E-state index is 0.578. The normalized spacial score (nSPS) is 40.0. The van der Waals surface area contributed by atoms with Gasteiger partial charge in [0.25, 0.3) is 0 Å². The Kier molecular flexibility index (Phi) is 4.83. The molecule has 4 bridgehead atoms. The van der Waals surface area contributed by atoms with Crippen LogP contribution in [0.4, 0.5) is 0 Å². The molecule has 20 heavy (non-hydrogen) atoms. The molecule has 4 aliphatic carbocycles. The summed E-state index contributed by atoms with van der Waals surface area (Å²) in [5, 5.41) is 0. The van der Waals surface area contributed by atoms with Gasteiger partial charge in [-0.3, -0.25) is 11.3 Å². The number of rotatable bonds is 8. The van der Waals surface area contributed by atoms with Crippen molar-refractivity contribution in [2.75, 3.05) is 0 Å². The number of nitrogens with one attached hydrogen (secondary N) is 1. The third-order valence-corrected chi connectivity index (χ3v) is 6.40. The number of hydrazine groups is 1. The molecule has 4 fully saturated rings. The predicted molar refractivity (Wildman–Crippen MR) is 84.9 cm³/mol. The van der Waals surface area contributed by atoms with Gasteiger partial charge in [0, 0.05) is 6.04 Å². The topological polar surface area (TPSA) is 38.0 Å². The first-order valence-corrected chi connectivity index (χ1v) is 8.88. The average molecular weight is 276 g/mol.